The van der Waals surface area contributed by atoms with Gasteiger partial charge in [-0.15, -0.1) is 0 Å². The second kappa shape index (κ2) is 13.8. The lowest BCUT2D eigenvalue weighted by Crippen LogP contribution is -2.30. The Morgan fingerprint density at radius 1 is 0.907 bits per heavy atom. The molecule has 0 spiro atoms. The molecule has 4 rings (SSSR count). The van der Waals surface area contributed by atoms with E-state index in [1.54, 1.807) is 60.7 Å². The lowest BCUT2D eigenvalue weighted by atomic mass is 10.0. The third-order valence-corrected chi connectivity index (χ3v) is 6.56. The second-order valence-electron chi connectivity index (χ2n) is 9.59. The maximum Gasteiger partial charge on any atom is 0.323 e. The lowest BCUT2D eigenvalue weighted by molar-refractivity contribution is -0.137. The van der Waals surface area contributed by atoms with Gasteiger partial charge >= 0.3 is 12.0 Å². The van der Waals surface area contributed by atoms with Crippen LogP contribution < -0.4 is 25.6 Å². The zero-order chi connectivity index (χ0) is 30.9. The number of amides is 4. The van der Waals surface area contributed by atoms with E-state index in [4.69, 9.17) is 4.74 Å². The van der Waals surface area contributed by atoms with E-state index in [1.807, 2.05) is 25.1 Å². The summed E-state index contributed by atoms with van der Waals surface area (Å²) in [7, 11) is 1.46. The molecule has 0 aliphatic rings. The normalized spacial score (nSPS) is 11.1. The van der Waals surface area contributed by atoms with Crippen LogP contribution in [0.3, 0.4) is 0 Å². The molecule has 1 aromatic heterocycles. The van der Waals surface area contributed by atoms with Gasteiger partial charge in [0.1, 0.15) is 5.75 Å². The molecule has 0 bridgehead atoms. The topological polar surface area (TPSA) is 150 Å². The Labute approximate surface area is 248 Å². The summed E-state index contributed by atoms with van der Waals surface area (Å²) in [6.45, 7) is 3.29. The molecule has 0 radical (unpaired) electrons. The molecule has 4 amide bonds. The van der Waals surface area contributed by atoms with Crippen molar-refractivity contribution >= 4 is 46.6 Å². The maximum absolute atomic E-state index is 12.8. The number of para-hydroxylation sites is 1. The van der Waals surface area contributed by atoms with Crippen molar-refractivity contribution < 1.29 is 29.0 Å². The number of methoxy groups -OCH3 is 1. The number of pyridine rings is 1. The smallest absolute Gasteiger partial charge is 0.323 e. The molecule has 0 aliphatic carbocycles. The molecule has 43 heavy (non-hydrogen) atoms. The number of benzene rings is 3. The van der Waals surface area contributed by atoms with Crippen molar-refractivity contribution in [1.29, 1.82) is 0 Å². The minimum atomic E-state index is -1.08. The first-order valence-corrected chi connectivity index (χ1v) is 13.3. The van der Waals surface area contributed by atoms with Gasteiger partial charge in [-0.25, -0.2) is 4.79 Å². The van der Waals surface area contributed by atoms with Crippen LogP contribution in [-0.2, 0) is 9.59 Å². The third kappa shape index (κ3) is 7.73. The number of nitrogens with one attached hydrogen (secondary N) is 3. The molecule has 0 saturated carbocycles. The molecule has 0 saturated heterocycles. The number of hydrogen-bond donors (Lipinski definition) is 4. The van der Waals surface area contributed by atoms with Gasteiger partial charge in [-0.3, -0.25) is 24.3 Å². The van der Waals surface area contributed by atoms with E-state index in [-0.39, 0.29) is 12.3 Å². The fourth-order valence-electron chi connectivity index (χ4n) is 4.45. The highest BCUT2D eigenvalue weighted by atomic mass is 16.5. The highest BCUT2D eigenvalue weighted by Gasteiger charge is 2.21. The molecule has 11 heteroatoms. The number of rotatable bonds is 10. The number of anilines is 4. The van der Waals surface area contributed by atoms with E-state index in [2.05, 4.69) is 20.9 Å². The van der Waals surface area contributed by atoms with E-state index < -0.39 is 23.9 Å². The monoisotopic (exact) mass is 581 g/mol. The van der Waals surface area contributed by atoms with Crippen molar-refractivity contribution in [2.45, 2.75) is 26.3 Å². The zero-order valence-corrected chi connectivity index (χ0v) is 23.8. The van der Waals surface area contributed by atoms with Crippen molar-refractivity contribution in [2.75, 3.05) is 22.6 Å². The van der Waals surface area contributed by atoms with Gasteiger partial charge in [-0.2, -0.15) is 0 Å². The van der Waals surface area contributed by atoms with Gasteiger partial charge in [0.15, 0.2) is 0 Å². The van der Waals surface area contributed by atoms with Crippen molar-refractivity contribution in [1.82, 2.24) is 10.3 Å². The maximum atomic E-state index is 12.8. The second-order valence-corrected chi connectivity index (χ2v) is 9.59. The van der Waals surface area contributed by atoms with E-state index in [0.29, 0.717) is 39.6 Å². The van der Waals surface area contributed by atoms with Gasteiger partial charge < -0.3 is 25.8 Å². The number of carboxylic acid groups (broad SMARTS) is 1. The van der Waals surface area contributed by atoms with E-state index >= 15 is 0 Å². The molecular weight excluding hydrogens is 550 g/mol. The van der Waals surface area contributed by atoms with Crippen LogP contribution in [0.1, 0.15) is 40.9 Å². The quantitative estimate of drug-likeness (QED) is 0.188. The Morgan fingerprint density at radius 3 is 2.23 bits per heavy atom. The SMILES string of the molecule is COc1cc(N(C(C)=O)c2ccc([C@@H](CC(=O)O)NC(=O)c3cccnc3)cc2)ccc1NC(=O)Nc1ccccc1C. The number of hydrogen-bond acceptors (Lipinski definition) is 6. The van der Waals surface area contributed by atoms with E-state index in [9.17, 15) is 24.3 Å². The number of nitrogens with zero attached hydrogens (tertiary/aromatic N) is 2. The molecule has 11 nitrogen and oxygen atoms in total. The van der Waals surface area contributed by atoms with E-state index in [1.165, 1.54) is 31.3 Å². The fourth-order valence-corrected chi connectivity index (χ4v) is 4.45. The van der Waals surface area contributed by atoms with Crippen molar-refractivity contribution in [3.05, 3.63) is 108 Å². The minimum Gasteiger partial charge on any atom is -0.494 e. The molecule has 3 aromatic carbocycles. The van der Waals surface area contributed by atoms with Gasteiger partial charge in [-0.1, -0.05) is 30.3 Å². The van der Waals surface area contributed by atoms with Crippen LogP contribution in [0.4, 0.5) is 27.5 Å². The summed E-state index contributed by atoms with van der Waals surface area (Å²) in [4.78, 5) is 55.0. The Kier molecular flexibility index (Phi) is 9.69. The van der Waals surface area contributed by atoms with Crippen molar-refractivity contribution in [3.8, 4) is 5.75 Å². The molecule has 1 atom stereocenters. The molecule has 0 fully saturated rings. The average molecular weight is 582 g/mol. The standard InChI is InChI=1S/C32H31N5O6/c1-20-7-4-5-9-26(20)35-32(42)36-27-15-14-25(17-29(27)43-3)37(21(2)38)24-12-10-22(11-13-24)28(18-30(39)40)34-31(41)23-8-6-16-33-19-23/h4-17,19,28H,18H2,1-3H3,(H,34,41)(H,39,40)(H2,35,36,42)/t28-/m1/s1. The Bertz CT molecular complexity index is 1630. The summed E-state index contributed by atoms with van der Waals surface area (Å²) in [5, 5.41) is 17.8. The van der Waals surface area contributed by atoms with Crippen molar-refractivity contribution in [3.63, 3.8) is 0 Å². The summed E-state index contributed by atoms with van der Waals surface area (Å²) in [6, 6.07) is 20.9. The number of urea groups is 1. The predicted molar refractivity (Wildman–Crippen MR) is 163 cm³/mol. The van der Waals surface area contributed by atoms with Crippen LogP contribution in [0.15, 0.2) is 91.3 Å². The molecule has 0 aliphatic heterocycles. The summed E-state index contributed by atoms with van der Waals surface area (Å²) in [5.74, 6) is -1.50. The number of aliphatic carboxylic acids is 1. The van der Waals surface area contributed by atoms with Gasteiger partial charge in [-0.05, 0) is 60.5 Å². The van der Waals surface area contributed by atoms with Crippen molar-refractivity contribution in [2.24, 2.45) is 0 Å². The Morgan fingerprint density at radius 2 is 1.60 bits per heavy atom. The van der Waals surface area contributed by atoms with Gasteiger partial charge in [0.2, 0.25) is 5.91 Å². The molecular formula is C32H31N5O6. The summed E-state index contributed by atoms with van der Waals surface area (Å²) in [6.07, 6.45) is 2.59. The first-order valence-electron chi connectivity index (χ1n) is 13.3. The van der Waals surface area contributed by atoms with Crippen LogP contribution in [-0.4, -0.2) is 41.0 Å². The first-order chi connectivity index (χ1) is 20.7. The number of carbonyl (C=O) groups is 4. The largest absolute Gasteiger partial charge is 0.494 e. The molecule has 0 unspecified atom stereocenters. The number of aromatic nitrogens is 1. The van der Waals surface area contributed by atoms with Gasteiger partial charge in [0, 0.05) is 36.8 Å². The Hall–Kier alpha value is -5.71. The number of ether oxygens (including phenoxy) is 1. The highest BCUT2D eigenvalue weighted by molar-refractivity contribution is 6.03. The fraction of sp³-hybridized carbons (Fsp3) is 0.156. The summed E-state index contributed by atoms with van der Waals surface area (Å²) < 4.78 is 5.51. The first kappa shape index (κ1) is 30.3. The molecule has 4 N–H and O–H groups in total. The van der Waals surface area contributed by atoms with Crippen LogP contribution in [0, 0.1) is 6.92 Å². The minimum absolute atomic E-state index is 0.292. The summed E-state index contributed by atoms with van der Waals surface area (Å²) in [5.41, 5.74) is 3.81. The molecule has 1 heterocycles. The van der Waals surface area contributed by atoms with E-state index in [0.717, 1.165) is 5.56 Å². The number of aryl methyl sites for hydroxylation is 1. The van der Waals surface area contributed by atoms with Crippen LogP contribution in [0.25, 0.3) is 0 Å². The van der Waals surface area contributed by atoms with Gasteiger partial charge in [0.25, 0.3) is 5.91 Å². The van der Waals surface area contributed by atoms with Crippen LogP contribution in [0.5, 0.6) is 5.75 Å². The zero-order valence-electron chi connectivity index (χ0n) is 23.8. The number of carboxylic acids is 1. The Balaban J connectivity index is 1.54. The third-order valence-electron chi connectivity index (χ3n) is 6.56. The average Bonchev–Trinajstić information content (AvgIpc) is 2.99. The van der Waals surface area contributed by atoms with Crippen LogP contribution in [0.2, 0.25) is 0 Å². The predicted octanol–water partition coefficient (Wildman–Crippen LogP) is 5.67. The van der Waals surface area contributed by atoms with Crippen LogP contribution >= 0.6 is 0 Å². The molecule has 220 valence electrons. The molecule has 4 aromatic rings. The number of carbonyl (C=O) groups excluding carboxylic acids is 3. The lowest BCUT2D eigenvalue weighted by Gasteiger charge is -2.24. The highest BCUT2D eigenvalue weighted by Crippen LogP contribution is 2.34. The summed E-state index contributed by atoms with van der Waals surface area (Å²) >= 11 is 0. The van der Waals surface area contributed by atoms with Gasteiger partial charge in [0.05, 0.1) is 36.5 Å².